The van der Waals surface area contributed by atoms with E-state index < -0.39 is 0 Å². The van der Waals surface area contributed by atoms with Gasteiger partial charge in [0.1, 0.15) is 0 Å². The van der Waals surface area contributed by atoms with Gasteiger partial charge < -0.3 is 65.7 Å². The summed E-state index contributed by atoms with van der Waals surface area (Å²) < 4.78 is 0. The van der Waals surface area contributed by atoms with Crippen molar-refractivity contribution < 1.29 is 65.7 Å². The molecular formula is H25KO12. The molecule has 0 unspecified atom stereocenters. The zero-order chi connectivity index (χ0) is 0. The second kappa shape index (κ2) is 1450. The van der Waals surface area contributed by atoms with Crippen molar-refractivity contribution in [1.82, 2.24) is 0 Å². The Bertz CT molecular complexity index is 5.09. The minimum absolute atomic E-state index is 0. The average Bonchev–Trinajstić information content (AvgIpc) is 0. The van der Waals surface area contributed by atoms with Gasteiger partial charge in [0.2, 0.25) is 0 Å². The summed E-state index contributed by atoms with van der Waals surface area (Å²) in [5.74, 6) is 0. The van der Waals surface area contributed by atoms with Crippen molar-refractivity contribution in [2.75, 3.05) is 0 Å². The van der Waals surface area contributed by atoms with Gasteiger partial charge >= 0.3 is 51.4 Å². The van der Waals surface area contributed by atoms with Crippen LogP contribution in [0.2, 0.25) is 0 Å². The van der Waals surface area contributed by atoms with E-state index in [9.17, 15) is 0 Å². The molecule has 12 nitrogen and oxygen atoms in total. The van der Waals surface area contributed by atoms with Gasteiger partial charge in [0.15, 0.2) is 0 Å². The Hall–Kier alpha value is 1.16. The van der Waals surface area contributed by atoms with Crippen molar-refractivity contribution in [1.29, 1.82) is 0 Å². The van der Waals surface area contributed by atoms with Gasteiger partial charge in [-0.1, -0.05) is 0 Å². The molecular weight excluding hydrogens is 231 g/mol. The van der Waals surface area contributed by atoms with Gasteiger partial charge in [0, 0.05) is 0 Å². The summed E-state index contributed by atoms with van der Waals surface area (Å²) in [7, 11) is 0. The second-order valence-electron chi connectivity index (χ2n) is 0. The van der Waals surface area contributed by atoms with Crippen LogP contribution in [-0.2, 0) is 0 Å². The summed E-state index contributed by atoms with van der Waals surface area (Å²) in [6.07, 6.45) is 0. The molecule has 13 heteroatoms. The zero-order valence-electron chi connectivity index (χ0n) is 6.00. The molecule has 0 aliphatic heterocycles. The maximum absolute atomic E-state index is 0. The number of hydrogen-bond donors (Lipinski definition) is 0. The van der Waals surface area contributed by atoms with E-state index in [1.807, 2.05) is 0 Å². The molecule has 0 spiro atoms. The van der Waals surface area contributed by atoms with Gasteiger partial charge in [-0.2, -0.15) is 0 Å². The van der Waals surface area contributed by atoms with Gasteiger partial charge in [0.05, 0.1) is 0 Å². The van der Waals surface area contributed by atoms with E-state index in [2.05, 4.69) is 0 Å². The molecule has 0 aromatic carbocycles. The van der Waals surface area contributed by atoms with E-state index in [1.54, 1.807) is 0 Å². The minimum atomic E-state index is 0. The molecule has 98 valence electrons. The Morgan fingerprint density at radius 3 is 0.154 bits per heavy atom. The molecule has 0 amide bonds. The van der Waals surface area contributed by atoms with Gasteiger partial charge in [-0.3, -0.25) is 0 Å². The van der Waals surface area contributed by atoms with E-state index in [4.69, 9.17) is 0 Å². The first kappa shape index (κ1) is 1830. The van der Waals surface area contributed by atoms with Crippen LogP contribution in [0.25, 0.3) is 0 Å². The van der Waals surface area contributed by atoms with Crippen LogP contribution in [-0.4, -0.2) is 117 Å². The summed E-state index contributed by atoms with van der Waals surface area (Å²) >= 11 is 0. The predicted octanol–water partition coefficient (Wildman–Crippen LogP) is -10.5. The fourth-order valence-electron chi connectivity index (χ4n) is 0. The summed E-state index contributed by atoms with van der Waals surface area (Å²) in [6, 6.07) is 0. The molecule has 0 bridgehead atoms. The van der Waals surface area contributed by atoms with Crippen molar-refractivity contribution in [2.24, 2.45) is 0 Å². The second-order valence-corrected chi connectivity index (χ2v) is 0. The molecule has 0 rings (SSSR count). The number of hydrogen-bond acceptors (Lipinski definition) is 0. The Kier molecular flexibility index (Phi) is 205000. The summed E-state index contributed by atoms with van der Waals surface area (Å²) in [6.45, 7) is 0. The Balaban J connectivity index is 0. The van der Waals surface area contributed by atoms with Crippen LogP contribution < -0.4 is 0 Å². The van der Waals surface area contributed by atoms with Crippen molar-refractivity contribution in [3.8, 4) is 0 Å². The molecule has 13 heavy (non-hydrogen) atoms. The van der Waals surface area contributed by atoms with E-state index in [0.29, 0.717) is 0 Å². The standard InChI is InChI=1S/K.12H2O.H/h;12*1H2;. The monoisotopic (exact) mass is 256 g/mol. The van der Waals surface area contributed by atoms with Crippen LogP contribution in [0.15, 0.2) is 0 Å². The first-order chi connectivity index (χ1) is 0. The SMILES string of the molecule is O.O.O.O.O.O.O.O.O.O.O.O.[KH]. The van der Waals surface area contributed by atoms with Crippen LogP contribution in [0.4, 0.5) is 0 Å². The molecule has 0 fully saturated rings. The van der Waals surface area contributed by atoms with Gasteiger partial charge in [0.25, 0.3) is 0 Å². The third-order valence-corrected chi connectivity index (χ3v) is 0. The molecule has 0 atom stereocenters. The van der Waals surface area contributed by atoms with E-state index in [1.165, 1.54) is 0 Å². The summed E-state index contributed by atoms with van der Waals surface area (Å²) in [5.41, 5.74) is 0. The zero-order valence-corrected chi connectivity index (χ0v) is 6.00. The van der Waals surface area contributed by atoms with Crippen LogP contribution >= 0.6 is 0 Å². The fraction of sp³-hybridized carbons (Fsp3) is 0. The molecule has 0 aromatic heterocycles. The average molecular weight is 256 g/mol. The third kappa shape index (κ3) is 1220. The summed E-state index contributed by atoms with van der Waals surface area (Å²) in [5, 5.41) is 0. The quantitative estimate of drug-likeness (QED) is 0.364. The molecule has 24 N–H and O–H groups in total. The van der Waals surface area contributed by atoms with Crippen LogP contribution in [0, 0.1) is 0 Å². The van der Waals surface area contributed by atoms with Crippen molar-refractivity contribution in [2.45, 2.75) is 0 Å². The van der Waals surface area contributed by atoms with E-state index >= 15 is 0 Å². The van der Waals surface area contributed by atoms with Gasteiger partial charge in [-0.15, -0.1) is 0 Å². The predicted molar refractivity (Wildman–Crippen MR) is 50.5 cm³/mol. The van der Waals surface area contributed by atoms with Crippen LogP contribution in [0.1, 0.15) is 0 Å². The van der Waals surface area contributed by atoms with Crippen molar-refractivity contribution in [3.05, 3.63) is 0 Å². The fourth-order valence-corrected chi connectivity index (χ4v) is 0. The van der Waals surface area contributed by atoms with Crippen molar-refractivity contribution in [3.63, 3.8) is 0 Å². The normalized spacial score (nSPS) is 0. The molecule has 0 aliphatic carbocycles. The van der Waals surface area contributed by atoms with Gasteiger partial charge in [-0.25, -0.2) is 0 Å². The Morgan fingerprint density at radius 1 is 0.154 bits per heavy atom. The van der Waals surface area contributed by atoms with E-state index in [-0.39, 0.29) is 117 Å². The van der Waals surface area contributed by atoms with E-state index in [0.717, 1.165) is 0 Å². The first-order valence-corrected chi connectivity index (χ1v) is 0. The molecule has 0 radical (unpaired) electrons. The topological polar surface area (TPSA) is 378 Å². The summed E-state index contributed by atoms with van der Waals surface area (Å²) in [4.78, 5) is 0. The molecule has 0 aromatic rings. The Labute approximate surface area is 116 Å². The number of rotatable bonds is 0. The van der Waals surface area contributed by atoms with Crippen LogP contribution in [0.5, 0.6) is 0 Å². The van der Waals surface area contributed by atoms with Gasteiger partial charge in [-0.05, 0) is 0 Å². The van der Waals surface area contributed by atoms with Crippen LogP contribution in [0.3, 0.4) is 0 Å². The van der Waals surface area contributed by atoms with Crippen molar-refractivity contribution >= 4 is 51.4 Å². The molecule has 0 aliphatic rings. The Morgan fingerprint density at radius 2 is 0.154 bits per heavy atom. The molecule has 0 saturated heterocycles. The molecule has 0 saturated carbocycles. The molecule has 0 heterocycles. The first-order valence-electron chi connectivity index (χ1n) is 0. The maximum atomic E-state index is 0. The third-order valence-electron chi connectivity index (χ3n) is 0.